The summed E-state index contributed by atoms with van der Waals surface area (Å²) in [5.74, 6) is 0.337. The molecule has 4 aliphatic rings. The van der Waals surface area contributed by atoms with Crippen LogP contribution in [0, 0.1) is 16.7 Å². The van der Waals surface area contributed by atoms with Crippen LogP contribution in [0.3, 0.4) is 0 Å². The predicted molar refractivity (Wildman–Crippen MR) is 99.7 cm³/mol. The van der Waals surface area contributed by atoms with Crippen LogP contribution >= 0.6 is 11.3 Å². The third-order valence-electron chi connectivity index (χ3n) is 6.70. The van der Waals surface area contributed by atoms with E-state index in [1.807, 2.05) is 0 Å². The van der Waals surface area contributed by atoms with Crippen molar-refractivity contribution in [3.8, 4) is 0 Å². The van der Waals surface area contributed by atoms with Crippen LogP contribution in [0.2, 0.25) is 0 Å². The number of aliphatic hydroxyl groups is 1. The van der Waals surface area contributed by atoms with Gasteiger partial charge in [0.2, 0.25) is 11.8 Å². The molecule has 142 valence electrons. The second-order valence-corrected chi connectivity index (χ2v) is 9.65. The van der Waals surface area contributed by atoms with Crippen molar-refractivity contribution in [3.05, 3.63) is 11.6 Å². The first-order chi connectivity index (χ1) is 12.4. The lowest BCUT2D eigenvalue weighted by Crippen LogP contribution is -2.63. The molecule has 0 aliphatic heterocycles. The minimum Gasteiger partial charge on any atom is -0.390 e. The number of carbonyl (C=O) groups excluding carboxylic acids is 2. The molecule has 4 saturated carbocycles. The van der Waals surface area contributed by atoms with Gasteiger partial charge in [0.15, 0.2) is 5.13 Å². The Kier molecular flexibility index (Phi) is 4.34. The zero-order valence-electron chi connectivity index (χ0n) is 15.2. The molecule has 6 nitrogen and oxygen atoms in total. The number of carbonyl (C=O) groups is 2. The quantitative estimate of drug-likeness (QED) is 0.711. The topological polar surface area (TPSA) is 91.3 Å². The van der Waals surface area contributed by atoms with E-state index in [9.17, 15) is 14.7 Å². The van der Waals surface area contributed by atoms with Crippen molar-refractivity contribution in [1.82, 2.24) is 10.3 Å². The van der Waals surface area contributed by atoms with Crippen LogP contribution in [-0.4, -0.2) is 34.1 Å². The fourth-order valence-corrected chi connectivity index (χ4v) is 6.72. The fourth-order valence-electron chi connectivity index (χ4n) is 6.18. The highest BCUT2D eigenvalue weighted by Crippen LogP contribution is 2.67. The Morgan fingerprint density at radius 1 is 1.31 bits per heavy atom. The maximum atomic E-state index is 13.0. The molecule has 4 atom stereocenters. The Balaban J connectivity index is 1.36. The molecule has 1 heterocycles. The highest BCUT2D eigenvalue weighted by molar-refractivity contribution is 7.13. The summed E-state index contributed by atoms with van der Waals surface area (Å²) in [6.07, 6.45) is 8.08. The predicted octanol–water partition coefficient (Wildman–Crippen LogP) is 2.70. The molecule has 4 unspecified atom stereocenters. The summed E-state index contributed by atoms with van der Waals surface area (Å²) in [6.45, 7) is 2.51. The van der Waals surface area contributed by atoms with Gasteiger partial charge in [-0.1, -0.05) is 13.3 Å². The number of thiazole rings is 1. The summed E-state index contributed by atoms with van der Waals surface area (Å²) in [5, 5.41) is 19.1. The van der Waals surface area contributed by atoms with E-state index >= 15 is 0 Å². The third-order valence-corrected chi connectivity index (χ3v) is 7.39. The zero-order valence-corrected chi connectivity index (χ0v) is 16.0. The third kappa shape index (κ3) is 3.16. The lowest BCUT2D eigenvalue weighted by Gasteiger charge is -2.64. The molecule has 5 rings (SSSR count). The first-order valence-corrected chi connectivity index (χ1v) is 10.4. The van der Waals surface area contributed by atoms with Crippen molar-refractivity contribution in [2.45, 2.75) is 63.9 Å². The number of amides is 2. The van der Waals surface area contributed by atoms with E-state index in [0.29, 0.717) is 24.0 Å². The average Bonchev–Trinajstić information content (AvgIpc) is 3.05. The maximum absolute atomic E-state index is 13.0. The number of anilines is 1. The lowest BCUT2D eigenvalue weighted by atomic mass is 9.42. The van der Waals surface area contributed by atoms with Gasteiger partial charge in [-0.15, -0.1) is 11.3 Å². The second-order valence-electron chi connectivity index (χ2n) is 8.76. The van der Waals surface area contributed by atoms with Crippen molar-refractivity contribution in [2.75, 3.05) is 11.9 Å². The van der Waals surface area contributed by atoms with Crippen LogP contribution < -0.4 is 10.6 Å². The average molecular weight is 378 g/mol. The largest absolute Gasteiger partial charge is 0.390 e. The van der Waals surface area contributed by atoms with Crippen LogP contribution in [0.25, 0.3) is 0 Å². The van der Waals surface area contributed by atoms with Crippen LogP contribution in [0.15, 0.2) is 11.6 Å². The van der Waals surface area contributed by atoms with Gasteiger partial charge >= 0.3 is 0 Å². The first-order valence-electron chi connectivity index (χ1n) is 9.56. The Morgan fingerprint density at radius 2 is 2.15 bits per heavy atom. The van der Waals surface area contributed by atoms with Crippen molar-refractivity contribution in [3.63, 3.8) is 0 Å². The van der Waals surface area contributed by atoms with Crippen LogP contribution in [0.1, 0.15) is 58.3 Å². The van der Waals surface area contributed by atoms with E-state index in [0.717, 1.165) is 38.5 Å². The van der Waals surface area contributed by atoms with E-state index in [2.05, 4.69) is 22.5 Å². The van der Waals surface area contributed by atoms with Gasteiger partial charge in [0.25, 0.3) is 0 Å². The first kappa shape index (κ1) is 17.9. The summed E-state index contributed by atoms with van der Waals surface area (Å²) in [6, 6.07) is 0. The molecule has 4 bridgehead atoms. The van der Waals surface area contributed by atoms with Gasteiger partial charge in [-0.05, 0) is 49.9 Å². The highest BCUT2D eigenvalue weighted by atomic mass is 32.1. The highest BCUT2D eigenvalue weighted by Gasteiger charge is 2.64. The Hall–Kier alpha value is -1.47. The molecule has 26 heavy (non-hydrogen) atoms. The van der Waals surface area contributed by atoms with Crippen molar-refractivity contribution < 1.29 is 14.7 Å². The standard InChI is InChI=1S/C19H27N3O3S/c1-2-17-7-13-8-18(10-17,12-19(25,9-13)11-17)15(24)20-4-3-14(23)22-16-21-5-6-26-16/h5-6,13,25H,2-4,7-12H2,1H3,(H,20,24)(H,21,22,23). The Labute approximate surface area is 157 Å². The monoisotopic (exact) mass is 377 g/mol. The molecule has 3 N–H and O–H groups in total. The van der Waals surface area contributed by atoms with Gasteiger partial charge in [-0.2, -0.15) is 0 Å². The zero-order chi connectivity index (χ0) is 18.4. The van der Waals surface area contributed by atoms with E-state index in [1.165, 1.54) is 11.3 Å². The van der Waals surface area contributed by atoms with E-state index in [-0.39, 0.29) is 23.7 Å². The van der Waals surface area contributed by atoms with Gasteiger partial charge in [0.05, 0.1) is 11.0 Å². The van der Waals surface area contributed by atoms with Gasteiger partial charge in [-0.3, -0.25) is 9.59 Å². The summed E-state index contributed by atoms with van der Waals surface area (Å²) in [5.41, 5.74) is -1.00. The summed E-state index contributed by atoms with van der Waals surface area (Å²) >= 11 is 1.37. The molecule has 7 heteroatoms. The second kappa shape index (κ2) is 6.30. The maximum Gasteiger partial charge on any atom is 0.227 e. The van der Waals surface area contributed by atoms with Crippen molar-refractivity contribution in [2.24, 2.45) is 16.7 Å². The van der Waals surface area contributed by atoms with Gasteiger partial charge in [0, 0.05) is 24.5 Å². The van der Waals surface area contributed by atoms with E-state index < -0.39 is 11.0 Å². The Morgan fingerprint density at radius 3 is 2.85 bits per heavy atom. The van der Waals surface area contributed by atoms with Crippen molar-refractivity contribution >= 4 is 28.3 Å². The number of hydrogen-bond acceptors (Lipinski definition) is 5. The number of nitrogens with zero attached hydrogens (tertiary/aromatic N) is 1. The van der Waals surface area contributed by atoms with Crippen LogP contribution in [0.4, 0.5) is 5.13 Å². The fraction of sp³-hybridized carbons (Fsp3) is 0.737. The number of rotatable bonds is 6. The molecule has 1 aromatic heterocycles. The van der Waals surface area contributed by atoms with Crippen molar-refractivity contribution in [1.29, 1.82) is 0 Å². The van der Waals surface area contributed by atoms with Crippen LogP contribution in [0.5, 0.6) is 0 Å². The van der Waals surface area contributed by atoms with E-state index in [4.69, 9.17) is 0 Å². The number of hydrogen-bond donors (Lipinski definition) is 3. The molecule has 1 aromatic rings. The number of nitrogens with one attached hydrogen (secondary N) is 2. The van der Waals surface area contributed by atoms with Gasteiger partial charge in [-0.25, -0.2) is 4.98 Å². The molecule has 2 amide bonds. The number of aromatic nitrogens is 1. The summed E-state index contributed by atoms with van der Waals surface area (Å²) in [4.78, 5) is 29.0. The lowest BCUT2D eigenvalue weighted by molar-refractivity contribution is -0.204. The van der Waals surface area contributed by atoms with E-state index in [1.54, 1.807) is 11.6 Å². The molecule has 4 aliphatic carbocycles. The SMILES string of the molecule is CCC12CC3CC(O)(C1)CC(C(=O)NCCC(=O)Nc1nccs1)(C3)C2. The Bertz CT molecular complexity index is 709. The smallest absolute Gasteiger partial charge is 0.227 e. The summed E-state index contributed by atoms with van der Waals surface area (Å²) in [7, 11) is 0. The van der Waals surface area contributed by atoms with Gasteiger partial charge in [0.1, 0.15) is 0 Å². The van der Waals surface area contributed by atoms with Gasteiger partial charge < -0.3 is 15.7 Å². The summed E-state index contributed by atoms with van der Waals surface area (Å²) < 4.78 is 0. The molecule has 0 radical (unpaired) electrons. The minimum atomic E-state index is -0.672. The molecule has 0 aromatic carbocycles. The molecular formula is C19H27N3O3S. The molecule has 0 spiro atoms. The molecule has 4 fully saturated rings. The minimum absolute atomic E-state index is 0.0277. The normalized spacial score (nSPS) is 37.5. The van der Waals surface area contributed by atoms with Crippen LogP contribution in [-0.2, 0) is 9.59 Å². The molecular weight excluding hydrogens is 350 g/mol. The molecule has 0 saturated heterocycles.